The van der Waals surface area contributed by atoms with E-state index in [9.17, 15) is 4.79 Å². The normalized spacial score (nSPS) is 9.95. The van der Waals surface area contributed by atoms with Crippen molar-refractivity contribution in [2.75, 3.05) is 23.0 Å². The van der Waals surface area contributed by atoms with Crippen LogP contribution in [0.1, 0.15) is 12.5 Å². The first-order chi connectivity index (χ1) is 10.2. The molecule has 110 valence electrons. The lowest BCUT2D eigenvalue weighted by atomic mass is 10.2. The fraction of sp³-hybridized carbons (Fsp3) is 0.200. The smallest absolute Gasteiger partial charge is 0.411 e. The second-order valence-corrected chi connectivity index (χ2v) is 4.31. The van der Waals surface area contributed by atoms with Crippen LogP contribution in [0.15, 0.2) is 42.5 Å². The summed E-state index contributed by atoms with van der Waals surface area (Å²) in [4.78, 5) is 15.5. The Bertz CT molecular complexity index is 602. The number of nitrogens with zero attached hydrogens (tertiary/aromatic N) is 1. The summed E-state index contributed by atoms with van der Waals surface area (Å²) in [5, 5.41) is 5.71. The molecular weight excluding hydrogens is 268 g/mol. The summed E-state index contributed by atoms with van der Waals surface area (Å²) in [5.41, 5.74) is 7.39. The first-order valence-corrected chi connectivity index (χ1v) is 6.67. The highest BCUT2D eigenvalue weighted by Crippen LogP contribution is 2.19. The van der Waals surface area contributed by atoms with E-state index < -0.39 is 6.09 Å². The summed E-state index contributed by atoms with van der Waals surface area (Å²) < 4.78 is 4.79. The topological polar surface area (TPSA) is 89.3 Å². The minimum absolute atomic E-state index is 0.237. The van der Waals surface area contributed by atoms with E-state index in [0.717, 1.165) is 5.56 Å². The van der Waals surface area contributed by atoms with E-state index in [1.165, 1.54) is 0 Å². The van der Waals surface area contributed by atoms with Gasteiger partial charge in [-0.2, -0.15) is 0 Å². The first kappa shape index (κ1) is 14.6. The van der Waals surface area contributed by atoms with Crippen molar-refractivity contribution in [2.24, 2.45) is 0 Å². The van der Waals surface area contributed by atoms with Gasteiger partial charge in [0.2, 0.25) is 0 Å². The Morgan fingerprint density at radius 2 is 2.00 bits per heavy atom. The maximum absolute atomic E-state index is 11.3. The van der Waals surface area contributed by atoms with Crippen LogP contribution in [0, 0.1) is 0 Å². The largest absolute Gasteiger partial charge is 0.450 e. The molecule has 1 heterocycles. The van der Waals surface area contributed by atoms with Gasteiger partial charge in [-0.1, -0.05) is 30.3 Å². The molecule has 0 saturated heterocycles. The molecule has 1 amide bonds. The minimum atomic E-state index is -0.545. The maximum Gasteiger partial charge on any atom is 0.411 e. The number of hydrogen-bond acceptors (Lipinski definition) is 5. The van der Waals surface area contributed by atoms with Gasteiger partial charge in [-0.15, -0.1) is 0 Å². The quantitative estimate of drug-likeness (QED) is 0.786. The van der Waals surface area contributed by atoms with Crippen LogP contribution in [0.3, 0.4) is 0 Å². The Balaban J connectivity index is 1.97. The highest BCUT2D eigenvalue weighted by atomic mass is 16.5. The number of carbonyl (C=O) groups excluding carboxylic acids is 1. The Hall–Kier alpha value is -2.76. The molecule has 0 fully saturated rings. The SMILES string of the molecule is CCOC(=O)Nc1ccc(NCc2ccccc2)nc1N. The number of carbonyl (C=O) groups is 1. The van der Waals surface area contributed by atoms with Crippen molar-refractivity contribution < 1.29 is 9.53 Å². The fourth-order valence-electron chi connectivity index (χ4n) is 1.74. The van der Waals surface area contributed by atoms with E-state index in [4.69, 9.17) is 10.5 Å². The molecule has 6 heteroatoms. The van der Waals surface area contributed by atoms with E-state index in [2.05, 4.69) is 15.6 Å². The molecule has 1 aromatic carbocycles. The lowest BCUT2D eigenvalue weighted by molar-refractivity contribution is 0.168. The highest BCUT2D eigenvalue weighted by Gasteiger charge is 2.07. The summed E-state index contributed by atoms with van der Waals surface area (Å²) in [6, 6.07) is 13.4. The van der Waals surface area contributed by atoms with Gasteiger partial charge >= 0.3 is 6.09 Å². The summed E-state index contributed by atoms with van der Waals surface area (Å²) >= 11 is 0. The molecule has 0 aliphatic carbocycles. The van der Waals surface area contributed by atoms with Crippen LogP contribution in [-0.2, 0) is 11.3 Å². The number of benzene rings is 1. The number of nitrogens with one attached hydrogen (secondary N) is 2. The Morgan fingerprint density at radius 3 is 2.67 bits per heavy atom. The third kappa shape index (κ3) is 4.38. The number of nitrogen functional groups attached to an aromatic ring is 1. The van der Waals surface area contributed by atoms with Gasteiger partial charge in [0.1, 0.15) is 11.6 Å². The molecule has 4 N–H and O–H groups in total. The zero-order chi connectivity index (χ0) is 15.1. The van der Waals surface area contributed by atoms with Crippen LogP contribution in [0.5, 0.6) is 0 Å². The van der Waals surface area contributed by atoms with E-state index in [1.54, 1.807) is 19.1 Å². The molecule has 0 radical (unpaired) electrons. The standard InChI is InChI=1S/C15H18N4O2/c1-2-21-15(20)18-12-8-9-13(19-14(12)16)17-10-11-6-4-3-5-7-11/h3-9H,2,10H2,1H3,(H,18,20)(H3,16,17,19). The molecule has 1 aromatic heterocycles. The van der Waals surface area contributed by atoms with E-state index in [-0.39, 0.29) is 5.82 Å². The van der Waals surface area contributed by atoms with Crippen LogP contribution in [-0.4, -0.2) is 17.7 Å². The van der Waals surface area contributed by atoms with Crippen LogP contribution >= 0.6 is 0 Å². The van der Waals surface area contributed by atoms with Gasteiger partial charge in [0.05, 0.1) is 12.3 Å². The zero-order valence-electron chi connectivity index (χ0n) is 11.8. The van der Waals surface area contributed by atoms with Gasteiger partial charge in [0, 0.05) is 6.54 Å². The predicted octanol–water partition coefficient (Wildman–Crippen LogP) is 2.84. The van der Waals surface area contributed by atoms with Gasteiger partial charge in [-0.3, -0.25) is 5.32 Å². The lowest BCUT2D eigenvalue weighted by Gasteiger charge is -2.10. The summed E-state index contributed by atoms with van der Waals surface area (Å²) in [7, 11) is 0. The van der Waals surface area contributed by atoms with Gasteiger partial charge in [-0.05, 0) is 24.6 Å². The van der Waals surface area contributed by atoms with Gasteiger partial charge in [0.25, 0.3) is 0 Å². The molecule has 0 aliphatic rings. The second-order valence-electron chi connectivity index (χ2n) is 4.31. The molecule has 6 nitrogen and oxygen atoms in total. The number of aromatic nitrogens is 1. The highest BCUT2D eigenvalue weighted by molar-refractivity contribution is 5.88. The Morgan fingerprint density at radius 1 is 1.24 bits per heavy atom. The van der Waals surface area contributed by atoms with Gasteiger partial charge in [0.15, 0.2) is 0 Å². The van der Waals surface area contributed by atoms with Crippen LogP contribution in [0.25, 0.3) is 0 Å². The number of amides is 1. The van der Waals surface area contributed by atoms with Crippen molar-refractivity contribution >= 4 is 23.4 Å². The molecule has 0 atom stereocenters. The first-order valence-electron chi connectivity index (χ1n) is 6.67. The molecule has 21 heavy (non-hydrogen) atoms. The molecular formula is C15H18N4O2. The van der Waals surface area contributed by atoms with E-state index >= 15 is 0 Å². The Kier molecular flexibility index (Phi) is 4.98. The second kappa shape index (κ2) is 7.14. The lowest BCUT2D eigenvalue weighted by Crippen LogP contribution is -2.15. The molecule has 0 aliphatic heterocycles. The molecule has 2 rings (SSSR count). The number of rotatable bonds is 5. The van der Waals surface area contributed by atoms with Crippen molar-refractivity contribution in [3.63, 3.8) is 0 Å². The summed E-state index contributed by atoms with van der Waals surface area (Å²) in [5.74, 6) is 0.881. The molecule has 0 saturated carbocycles. The number of hydrogen-bond donors (Lipinski definition) is 3. The van der Waals surface area contributed by atoms with Crippen LogP contribution < -0.4 is 16.4 Å². The number of nitrogens with two attached hydrogens (primary N) is 1. The van der Waals surface area contributed by atoms with Crippen molar-refractivity contribution in [3.05, 3.63) is 48.0 Å². The third-order valence-electron chi connectivity index (χ3n) is 2.75. The molecule has 2 aromatic rings. The van der Waals surface area contributed by atoms with Crippen molar-refractivity contribution in [1.82, 2.24) is 4.98 Å². The van der Waals surface area contributed by atoms with Gasteiger partial charge < -0.3 is 15.8 Å². The number of anilines is 3. The van der Waals surface area contributed by atoms with Crippen molar-refractivity contribution in [1.29, 1.82) is 0 Å². The predicted molar refractivity (Wildman–Crippen MR) is 83.1 cm³/mol. The summed E-state index contributed by atoms with van der Waals surface area (Å²) in [6.45, 7) is 2.69. The average Bonchev–Trinajstić information content (AvgIpc) is 2.49. The average molecular weight is 286 g/mol. The molecule has 0 spiro atoms. The van der Waals surface area contributed by atoms with Crippen LogP contribution in [0.4, 0.5) is 22.1 Å². The third-order valence-corrected chi connectivity index (χ3v) is 2.75. The minimum Gasteiger partial charge on any atom is -0.450 e. The summed E-state index contributed by atoms with van der Waals surface area (Å²) in [6.07, 6.45) is -0.545. The Labute approximate surface area is 123 Å². The van der Waals surface area contributed by atoms with Crippen molar-refractivity contribution in [3.8, 4) is 0 Å². The van der Waals surface area contributed by atoms with E-state index in [1.807, 2.05) is 30.3 Å². The number of ether oxygens (including phenoxy) is 1. The van der Waals surface area contributed by atoms with E-state index in [0.29, 0.717) is 24.7 Å². The molecule has 0 unspecified atom stereocenters. The number of pyridine rings is 1. The van der Waals surface area contributed by atoms with Gasteiger partial charge in [-0.25, -0.2) is 9.78 Å². The monoisotopic (exact) mass is 286 g/mol. The van der Waals surface area contributed by atoms with Crippen LogP contribution in [0.2, 0.25) is 0 Å². The zero-order valence-corrected chi connectivity index (χ0v) is 11.8. The van der Waals surface area contributed by atoms with Crippen molar-refractivity contribution in [2.45, 2.75) is 13.5 Å². The maximum atomic E-state index is 11.3. The molecule has 0 bridgehead atoms. The fourth-order valence-corrected chi connectivity index (χ4v) is 1.74.